The van der Waals surface area contributed by atoms with Crippen LogP contribution in [-0.4, -0.2) is 43.6 Å². The number of hydrogen-bond donors (Lipinski definition) is 1. The zero-order valence-electron chi connectivity index (χ0n) is 15.3. The minimum atomic E-state index is -1.69. The average molecular weight is 432 g/mol. The number of ether oxygens (including phenoxy) is 2. The van der Waals surface area contributed by atoms with Crippen LogP contribution in [0.3, 0.4) is 0 Å². The summed E-state index contributed by atoms with van der Waals surface area (Å²) in [5.74, 6) is -5.48. The number of esters is 2. The summed E-state index contributed by atoms with van der Waals surface area (Å²) in [6.07, 6.45) is -1.28. The van der Waals surface area contributed by atoms with Gasteiger partial charge in [-0.1, -0.05) is 23.2 Å². The number of anilines is 1. The normalized spacial score (nSPS) is 11.3. The number of halogens is 2. The quantitative estimate of drug-likeness (QED) is 0.446. The third-order valence-electron chi connectivity index (χ3n) is 3.69. The van der Waals surface area contributed by atoms with Crippen molar-refractivity contribution in [1.82, 2.24) is 0 Å². The Bertz CT molecular complexity index is 779. The second kappa shape index (κ2) is 11.4. The summed E-state index contributed by atoms with van der Waals surface area (Å²) in [5, 5.41) is 3.12. The summed E-state index contributed by atoms with van der Waals surface area (Å²) in [7, 11) is 2.19. The number of rotatable bonds is 10. The Labute approximate surface area is 171 Å². The van der Waals surface area contributed by atoms with Gasteiger partial charge in [0.05, 0.1) is 31.4 Å². The van der Waals surface area contributed by atoms with Gasteiger partial charge in [-0.2, -0.15) is 0 Å². The Morgan fingerprint density at radius 3 is 2.07 bits per heavy atom. The number of hydrogen-bond acceptors (Lipinski definition) is 7. The van der Waals surface area contributed by atoms with Crippen molar-refractivity contribution in [1.29, 1.82) is 0 Å². The first-order valence-electron chi connectivity index (χ1n) is 8.14. The van der Waals surface area contributed by atoms with Crippen LogP contribution in [0.2, 0.25) is 10.0 Å². The van der Waals surface area contributed by atoms with Gasteiger partial charge in [-0.25, -0.2) is 0 Å². The third kappa shape index (κ3) is 7.28. The largest absolute Gasteiger partial charge is 0.469 e. The van der Waals surface area contributed by atoms with Crippen molar-refractivity contribution in [3.63, 3.8) is 0 Å². The fraction of sp³-hybridized carbons (Fsp3) is 0.389. The fourth-order valence-corrected chi connectivity index (χ4v) is 2.67. The van der Waals surface area contributed by atoms with Crippen LogP contribution < -0.4 is 5.32 Å². The van der Waals surface area contributed by atoms with Crippen LogP contribution in [0.1, 0.15) is 25.7 Å². The summed E-state index contributed by atoms with van der Waals surface area (Å²) in [6.45, 7) is 0. The zero-order valence-corrected chi connectivity index (χ0v) is 16.8. The number of carbonyl (C=O) groups is 5. The summed E-state index contributed by atoms with van der Waals surface area (Å²) in [5.41, 5.74) is 0.308. The predicted octanol–water partition coefficient (Wildman–Crippen LogP) is 2.59. The Morgan fingerprint density at radius 2 is 1.54 bits per heavy atom. The maximum absolute atomic E-state index is 12.3. The van der Waals surface area contributed by atoms with Crippen molar-refractivity contribution in [2.45, 2.75) is 25.7 Å². The van der Waals surface area contributed by atoms with Gasteiger partial charge < -0.3 is 14.8 Å². The number of carbonyl (C=O) groups excluding carboxylic acids is 5. The van der Waals surface area contributed by atoms with Crippen molar-refractivity contribution in [2.75, 3.05) is 19.5 Å². The Balaban J connectivity index is 2.69. The van der Waals surface area contributed by atoms with E-state index in [4.69, 9.17) is 23.2 Å². The first kappa shape index (κ1) is 23.6. The van der Waals surface area contributed by atoms with Crippen molar-refractivity contribution in [3.8, 4) is 0 Å². The van der Waals surface area contributed by atoms with Gasteiger partial charge in [-0.05, 0) is 18.2 Å². The minimum Gasteiger partial charge on any atom is -0.469 e. The minimum absolute atomic E-state index is 0.220. The van der Waals surface area contributed by atoms with Gasteiger partial charge in [0.1, 0.15) is 0 Å². The topological polar surface area (TPSA) is 116 Å². The van der Waals surface area contributed by atoms with Gasteiger partial charge in [-0.3, -0.25) is 24.0 Å². The molecule has 1 aromatic carbocycles. The molecule has 1 aromatic rings. The number of Topliss-reactive ketones (excluding diaryl/α,β-unsaturated/α-hetero) is 2. The van der Waals surface area contributed by atoms with E-state index in [2.05, 4.69) is 14.8 Å². The molecule has 0 spiro atoms. The maximum atomic E-state index is 12.3. The average Bonchev–Trinajstić information content (AvgIpc) is 2.66. The molecule has 0 aliphatic carbocycles. The molecular weight excluding hydrogens is 413 g/mol. The van der Waals surface area contributed by atoms with E-state index in [1.54, 1.807) is 0 Å². The van der Waals surface area contributed by atoms with Gasteiger partial charge in [0.2, 0.25) is 5.91 Å². The van der Waals surface area contributed by atoms with Crippen molar-refractivity contribution >= 4 is 58.3 Å². The van der Waals surface area contributed by atoms with Crippen molar-refractivity contribution in [3.05, 3.63) is 28.2 Å². The highest BCUT2D eigenvalue weighted by atomic mass is 35.5. The molecule has 152 valence electrons. The summed E-state index contributed by atoms with van der Waals surface area (Å²) in [6, 6.07) is 4.47. The summed E-state index contributed by atoms with van der Waals surface area (Å²) in [4.78, 5) is 59.4. The third-order valence-corrected chi connectivity index (χ3v) is 4.24. The SMILES string of the molecule is COC(=O)CCC(=O)C(C(=O)CCC(=O)Nc1ccc(Cl)cc1Cl)C(=O)OC. The van der Waals surface area contributed by atoms with E-state index < -0.39 is 35.3 Å². The van der Waals surface area contributed by atoms with Crippen molar-refractivity contribution in [2.24, 2.45) is 5.92 Å². The maximum Gasteiger partial charge on any atom is 0.323 e. The molecule has 0 fully saturated rings. The molecule has 0 heterocycles. The lowest BCUT2D eigenvalue weighted by molar-refractivity contribution is -0.154. The smallest absolute Gasteiger partial charge is 0.323 e. The van der Waals surface area contributed by atoms with Crippen LogP contribution in [0, 0.1) is 5.92 Å². The molecule has 8 nitrogen and oxygen atoms in total. The Morgan fingerprint density at radius 1 is 0.929 bits per heavy atom. The molecule has 28 heavy (non-hydrogen) atoms. The molecule has 0 aliphatic rings. The van der Waals surface area contributed by atoms with E-state index in [9.17, 15) is 24.0 Å². The van der Waals surface area contributed by atoms with Crippen LogP contribution >= 0.6 is 23.2 Å². The van der Waals surface area contributed by atoms with E-state index in [1.165, 1.54) is 18.2 Å². The second-order valence-electron chi connectivity index (χ2n) is 5.64. The molecule has 0 radical (unpaired) electrons. The van der Waals surface area contributed by atoms with Crippen LogP contribution in [0.5, 0.6) is 0 Å². The van der Waals surface area contributed by atoms with E-state index in [0.717, 1.165) is 14.2 Å². The molecule has 10 heteroatoms. The zero-order chi connectivity index (χ0) is 21.3. The lowest BCUT2D eigenvalue weighted by Gasteiger charge is -2.13. The molecule has 0 bridgehead atoms. The lowest BCUT2D eigenvalue weighted by atomic mass is 9.93. The molecule has 0 saturated carbocycles. The van der Waals surface area contributed by atoms with Gasteiger partial charge >= 0.3 is 11.9 Å². The molecule has 1 N–H and O–H groups in total. The van der Waals surface area contributed by atoms with Crippen LogP contribution in [0.4, 0.5) is 5.69 Å². The first-order valence-corrected chi connectivity index (χ1v) is 8.90. The van der Waals surface area contributed by atoms with E-state index in [1.807, 2.05) is 0 Å². The number of benzene rings is 1. The monoisotopic (exact) mass is 431 g/mol. The lowest BCUT2D eigenvalue weighted by Crippen LogP contribution is -2.33. The number of ketones is 2. The summed E-state index contributed by atoms with van der Waals surface area (Å²) >= 11 is 11.7. The Hall–Kier alpha value is -2.45. The predicted molar refractivity (Wildman–Crippen MR) is 101 cm³/mol. The Kier molecular flexibility index (Phi) is 9.61. The van der Waals surface area contributed by atoms with Crippen LogP contribution in [0.25, 0.3) is 0 Å². The molecule has 1 unspecified atom stereocenters. The standard InChI is InChI=1S/C18H19Cl2NO7/c1-27-16(25)8-6-14(23)17(18(26)28-2)13(22)5-7-15(24)21-12-4-3-10(19)9-11(12)20/h3-4,9,17H,5-8H2,1-2H3,(H,21,24). The van der Waals surface area contributed by atoms with E-state index in [0.29, 0.717) is 10.7 Å². The molecule has 1 amide bonds. The number of methoxy groups -OCH3 is 2. The molecule has 0 saturated heterocycles. The molecular formula is C18H19Cl2NO7. The molecule has 0 aromatic heterocycles. The molecule has 1 rings (SSSR count). The van der Waals surface area contributed by atoms with Gasteiger partial charge in [-0.15, -0.1) is 0 Å². The number of amides is 1. The van der Waals surface area contributed by atoms with Crippen LogP contribution in [0.15, 0.2) is 18.2 Å². The highest BCUT2D eigenvalue weighted by molar-refractivity contribution is 6.36. The number of nitrogens with one attached hydrogen (secondary N) is 1. The van der Waals surface area contributed by atoms with Gasteiger partial charge in [0, 0.05) is 24.3 Å². The molecule has 0 aliphatic heterocycles. The van der Waals surface area contributed by atoms with Crippen LogP contribution in [-0.2, 0) is 33.4 Å². The fourth-order valence-electron chi connectivity index (χ4n) is 2.22. The van der Waals surface area contributed by atoms with Crippen molar-refractivity contribution < 1.29 is 33.4 Å². The molecule has 1 atom stereocenters. The van der Waals surface area contributed by atoms with Gasteiger partial charge in [0.25, 0.3) is 0 Å². The van der Waals surface area contributed by atoms with E-state index in [-0.39, 0.29) is 30.7 Å². The summed E-state index contributed by atoms with van der Waals surface area (Å²) < 4.78 is 8.91. The first-order chi connectivity index (χ1) is 13.2. The van der Waals surface area contributed by atoms with E-state index >= 15 is 0 Å². The highest BCUT2D eigenvalue weighted by Gasteiger charge is 2.34. The highest BCUT2D eigenvalue weighted by Crippen LogP contribution is 2.25. The van der Waals surface area contributed by atoms with Gasteiger partial charge in [0.15, 0.2) is 17.5 Å². The second-order valence-corrected chi connectivity index (χ2v) is 6.48.